The minimum absolute atomic E-state index is 0.161. The van der Waals surface area contributed by atoms with E-state index in [2.05, 4.69) is 11.4 Å². The average molecular weight is 534 g/mol. The van der Waals surface area contributed by atoms with Gasteiger partial charge in [0, 0.05) is 27.2 Å². The van der Waals surface area contributed by atoms with E-state index >= 15 is 0 Å². The summed E-state index contributed by atoms with van der Waals surface area (Å²) in [5.74, 6) is -0.161. The van der Waals surface area contributed by atoms with E-state index in [4.69, 9.17) is 16.6 Å². The number of anilines is 1. The van der Waals surface area contributed by atoms with Crippen LogP contribution in [0, 0.1) is 18.3 Å². The number of rotatable bonds is 6. The van der Waals surface area contributed by atoms with Crippen molar-refractivity contribution in [3.8, 4) is 28.5 Å². The molecule has 0 spiro atoms. The fraction of sp³-hybridized carbons (Fsp3) is 0.0938. The average Bonchev–Trinajstić information content (AvgIpc) is 2.93. The summed E-state index contributed by atoms with van der Waals surface area (Å²) in [7, 11) is 0. The molecule has 1 amide bonds. The molecule has 38 heavy (non-hydrogen) atoms. The molecule has 1 atom stereocenters. The van der Waals surface area contributed by atoms with Crippen LogP contribution in [-0.4, -0.2) is 16.1 Å². The van der Waals surface area contributed by atoms with E-state index in [1.165, 1.54) is 11.8 Å². The quantitative estimate of drug-likeness (QED) is 0.222. The molecule has 1 aromatic heterocycles. The van der Waals surface area contributed by atoms with Crippen molar-refractivity contribution >= 4 is 45.7 Å². The van der Waals surface area contributed by atoms with E-state index in [-0.39, 0.29) is 5.91 Å². The number of carbonyl (C=O) groups excluding carboxylic acids is 1. The second kappa shape index (κ2) is 11.1. The molecule has 0 aliphatic carbocycles. The predicted molar refractivity (Wildman–Crippen MR) is 157 cm³/mol. The number of nitrogens with one attached hydrogen (secondary N) is 1. The third-order valence-electron chi connectivity index (χ3n) is 6.31. The number of aryl methyl sites for hydroxylation is 1. The molecule has 0 aliphatic rings. The number of nitriles is 1. The van der Waals surface area contributed by atoms with Gasteiger partial charge in [0.15, 0.2) is 0 Å². The lowest BCUT2D eigenvalue weighted by Crippen LogP contribution is -2.22. The van der Waals surface area contributed by atoms with Gasteiger partial charge in [-0.3, -0.25) is 4.79 Å². The molecule has 5 aromatic rings. The van der Waals surface area contributed by atoms with Gasteiger partial charge in [-0.05, 0) is 49.1 Å². The highest BCUT2D eigenvalue weighted by Crippen LogP contribution is 2.36. The topological polar surface area (TPSA) is 65.8 Å². The van der Waals surface area contributed by atoms with Crippen LogP contribution in [0.3, 0.4) is 0 Å². The van der Waals surface area contributed by atoms with Gasteiger partial charge in [-0.2, -0.15) is 5.26 Å². The summed E-state index contributed by atoms with van der Waals surface area (Å²) in [5.41, 5.74) is 5.61. The number of carbonyl (C=O) groups is 1. The number of benzene rings is 4. The van der Waals surface area contributed by atoms with Crippen LogP contribution in [0.4, 0.5) is 5.69 Å². The Morgan fingerprint density at radius 2 is 1.63 bits per heavy atom. The molecule has 0 saturated carbocycles. The van der Waals surface area contributed by atoms with Crippen LogP contribution in [0.5, 0.6) is 0 Å². The highest BCUT2D eigenvalue weighted by molar-refractivity contribution is 8.00. The van der Waals surface area contributed by atoms with E-state index in [1.807, 2.05) is 98.8 Å². The lowest BCUT2D eigenvalue weighted by molar-refractivity contribution is -0.115. The largest absolute Gasteiger partial charge is 0.325 e. The number of hydrogen-bond acceptors (Lipinski definition) is 4. The number of thioether (sulfide) groups is 1. The fourth-order valence-electron chi connectivity index (χ4n) is 4.23. The molecule has 4 nitrogen and oxygen atoms in total. The lowest BCUT2D eigenvalue weighted by Gasteiger charge is -2.16. The highest BCUT2D eigenvalue weighted by atomic mass is 35.5. The summed E-state index contributed by atoms with van der Waals surface area (Å²) >= 11 is 7.41. The zero-order valence-electron chi connectivity index (χ0n) is 20.9. The van der Waals surface area contributed by atoms with Crippen LogP contribution < -0.4 is 5.32 Å². The van der Waals surface area contributed by atoms with Gasteiger partial charge in [-0.15, -0.1) is 0 Å². The fourth-order valence-corrected chi connectivity index (χ4v) is 5.29. The maximum Gasteiger partial charge on any atom is 0.237 e. The van der Waals surface area contributed by atoms with Gasteiger partial charge in [-0.1, -0.05) is 102 Å². The van der Waals surface area contributed by atoms with E-state index in [0.29, 0.717) is 15.6 Å². The number of hydrogen-bond donors (Lipinski definition) is 1. The van der Waals surface area contributed by atoms with Crippen LogP contribution in [0.25, 0.3) is 33.2 Å². The maximum absolute atomic E-state index is 13.3. The van der Waals surface area contributed by atoms with E-state index in [1.54, 1.807) is 12.1 Å². The third-order valence-corrected chi connectivity index (χ3v) is 7.64. The van der Waals surface area contributed by atoms with Gasteiger partial charge >= 0.3 is 0 Å². The molecule has 6 heteroatoms. The van der Waals surface area contributed by atoms with Gasteiger partial charge in [0.05, 0.1) is 16.5 Å². The van der Waals surface area contributed by atoms with Crippen LogP contribution >= 0.6 is 23.4 Å². The number of fused-ring (bicyclic) bond motifs is 1. The molecule has 5 rings (SSSR count). The molecule has 0 bridgehead atoms. The van der Waals surface area contributed by atoms with Gasteiger partial charge < -0.3 is 5.32 Å². The van der Waals surface area contributed by atoms with Crippen molar-refractivity contribution in [3.63, 3.8) is 0 Å². The number of amides is 1. The van der Waals surface area contributed by atoms with Crippen molar-refractivity contribution in [2.45, 2.75) is 24.1 Å². The summed E-state index contributed by atoms with van der Waals surface area (Å²) in [6.45, 7) is 3.86. The maximum atomic E-state index is 13.3. The molecule has 0 aliphatic heterocycles. The first-order chi connectivity index (χ1) is 18.4. The summed E-state index contributed by atoms with van der Waals surface area (Å²) < 4.78 is 0. The Kier molecular flexibility index (Phi) is 7.46. The van der Waals surface area contributed by atoms with Gasteiger partial charge in [-0.25, -0.2) is 4.98 Å². The van der Waals surface area contributed by atoms with Crippen molar-refractivity contribution in [1.29, 1.82) is 5.26 Å². The Hall–Kier alpha value is -4.11. The number of halogens is 1. The molecule has 1 heterocycles. The summed E-state index contributed by atoms with van der Waals surface area (Å²) in [6, 6.07) is 33.5. The Morgan fingerprint density at radius 1 is 0.947 bits per heavy atom. The monoisotopic (exact) mass is 533 g/mol. The molecule has 0 saturated heterocycles. The van der Waals surface area contributed by atoms with Crippen molar-refractivity contribution in [3.05, 3.63) is 113 Å². The van der Waals surface area contributed by atoms with Gasteiger partial charge in [0.1, 0.15) is 11.1 Å². The molecule has 0 unspecified atom stereocenters. The van der Waals surface area contributed by atoms with Crippen molar-refractivity contribution < 1.29 is 4.79 Å². The predicted octanol–water partition coefficient (Wildman–Crippen LogP) is 8.52. The second-order valence-electron chi connectivity index (χ2n) is 9.00. The van der Waals surface area contributed by atoms with Crippen molar-refractivity contribution in [1.82, 2.24) is 4.98 Å². The lowest BCUT2D eigenvalue weighted by atomic mass is 9.99. The zero-order chi connectivity index (χ0) is 26.6. The van der Waals surface area contributed by atoms with Gasteiger partial charge in [0.2, 0.25) is 5.91 Å². The zero-order valence-corrected chi connectivity index (χ0v) is 22.5. The molecule has 186 valence electrons. The summed E-state index contributed by atoms with van der Waals surface area (Å²) in [5, 5.41) is 15.9. The van der Waals surface area contributed by atoms with Crippen molar-refractivity contribution in [2.75, 3.05) is 5.32 Å². The molecular formula is C32H24ClN3OS. The van der Waals surface area contributed by atoms with Crippen LogP contribution in [-0.2, 0) is 4.79 Å². The first-order valence-corrected chi connectivity index (χ1v) is 13.4. The Balaban J connectivity index is 1.52. The van der Waals surface area contributed by atoms with E-state index < -0.39 is 5.25 Å². The minimum Gasteiger partial charge on any atom is -0.325 e. The summed E-state index contributed by atoms with van der Waals surface area (Å²) in [6.07, 6.45) is 0. The molecule has 4 aromatic carbocycles. The minimum atomic E-state index is -0.500. The number of nitrogens with zero attached hydrogens (tertiary/aromatic N) is 2. The third kappa shape index (κ3) is 5.43. The smallest absolute Gasteiger partial charge is 0.237 e. The number of aromatic nitrogens is 1. The van der Waals surface area contributed by atoms with E-state index in [0.717, 1.165) is 44.4 Å². The van der Waals surface area contributed by atoms with Crippen LogP contribution in [0.2, 0.25) is 5.02 Å². The summed E-state index contributed by atoms with van der Waals surface area (Å²) in [4.78, 5) is 18.1. The van der Waals surface area contributed by atoms with Crippen LogP contribution in [0.15, 0.2) is 102 Å². The first kappa shape index (κ1) is 25.5. The second-order valence-corrected chi connectivity index (χ2v) is 10.8. The molecule has 0 radical (unpaired) electrons. The van der Waals surface area contributed by atoms with Crippen LogP contribution in [0.1, 0.15) is 18.1 Å². The normalized spacial score (nSPS) is 11.6. The molecule has 1 N–H and O–H groups in total. The standard InChI is InChI=1S/C32H24ClN3OS/c1-20-10-12-24(13-11-20)30-18-27(23-14-16-25(33)17-15-23)28(19-34)32(36-30)38-21(2)31(37)35-29-9-5-7-22-6-3-4-8-26(22)29/h3-18,21H,1-2H3,(H,35,37)/t21-/m1/s1. The van der Waals surface area contributed by atoms with Gasteiger partial charge in [0.25, 0.3) is 0 Å². The Labute approximate surface area is 231 Å². The molecular weight excluding hydrogens is 510 g/mol. The number of pyridine rings is 1. The Morgan fingerprint density at radius 3 is 2.37 bits per heavy atom. The SMILES string of the molecule is Cc1ccc(-c2cc(-c3ccc(Cl)cc3)c(C#N)c(S[C@H](C)C(=O)Nc3cccc4ccccc34)n2)cc1. The highest BCUT2D eigenvalue weighted by Gasteiger charge is 2.22. The first-order valence-electron chi connectivity index (χ1n) is 12.2. The van der Waals surface area contributed by atoms with E-state index in [9.17, 15) is 10.1 Å². The van der Waals surface area contributed by atoms with Crippen molar-refractivity contribution in [2.24, 2.45) is 0 Å². The Bertz CT molecular complexity index is 1670. The molecule has 0 fully saturated rings.